The van der Waals surface area contributed by atoms with Crippen LogP contribution in [0, 0.1) is 0 Å². The summed E-state index contributed by atoms with van der Waals surface area (Å²) >= 11 is 0. The molecule has 2 aromatic carbocycles. The average molecular weight is 266 g/mol. The normalized spacial score (nSPS) is 12.7. The molecule has 0 spiro atoms. The summed E-state index contributed by atoms with van der Waals surface area (Å²) in [5.74, 6) is 0. The molecule has 0 aliphatic heterocycles. The lowest BCUT2D eigenvalue weighted by Gasteiger charge is -2.12. The Kier molecular flexibility index (Phi) is 5.16. The van der Waals surface area contributed by atoms with E-state index >= 15 is 0 Å². The van der Waals surface area contributed by atoms with E-state index < -0.39 is 0 Å². The summed E-state index contributed by atoms with van der Waals surface area (Å²) in [7, 11) is -0.151. The van der Waals surface area contributed by atoms with Gasteiger partial charge < -0.3 is 0 Å². The molecule has 0 aliphatic rings. The van der Waals surface area contributed by atoms with Gasteiger partial charge in [-0.3, -0.25) is 0 Å². The zero-order valence-electron chi connectivity index (χ0n) is 11.7. The molecule has 1 atom stereocenters. The molecule has 0 saturated heterocycles. The van der Waals surface area contributed by atoms with Crippen molar-refractivity contribution in [2.75, 3.05) is 0 Å². The molecule has 0 N–H and O–H groups in total. The first-order valence-corrected chi connectivity index (χ1v) is 8.55. The van der Waals surface area contributed by atoms with Gasteiger partial charge in [0.05, 0.1) is 9.52 Å². The Morgan fingerprint density at radius 2 is 1.58 bits per heavy atom. The lowest BCUT2D eigenvalue weighted by molar-refractivity contribution is 0.816. The molecule has 0 aliphatic carbocycles. The van der Waals surface area contributed by atoms with E-state index in [1.54, 1.807) is 5.19 Å². The van der Waals surface area contributed by atoms with E-state index in [-0.39, 0.29) is 9.52 Å². The highest BCUT2D eigenvalue weighted by Crippen LogP contribution is 2.21. The average Bonchev–Trinajstić information content (AvgIpc) is 2.47. The first-order chi connectivity index (χ1) is 9.25. The molecule has 2 rings (SSSR count). The maximum absolute atomic E-state index is 4.22. The zero-order valence-corrected chi connectivity index (χ0v) is 13.1. The number of allylic oxidation sites excluding steroid dienone is 1. The van der Waals surface area contributed by atoms with Crippen LogP contribution < -0.4 is 5.19 Å². The number of hydrogen-bond donors (Lipinski definition) is 0. The van der Waals surface area contributed by atoms with E-state index in [4.69, 9.17) is 0 Å². The molecule has 0 bridgehead atoms. The predicted octanol–water partition coefficient (Wildman–Crippen LogP) is 3.78. The van der Waals surface area contributed by atoms with Crippen molar-refractivity contribution >= 4 is 20.3 Å². The third kappa shape index (κ3) is 4.53. The van der Waals surface area contributed by atoms with Gasteiger partial charge in [0.15, 0.2) is 0 Å². The largest absolute Gasteiger partial charge is 0.0952 e. The van der Waals surface area contributed by atoms with Crippen LogP contribution in [0.5, 0.6) is 0 Å². The van der Waals surface area contributed by atoms with Crippen LogP contribution in [-0.4, -0.2) is 9.52 Å². The molecule has 0 nitrogen and oxygen atoms in total. The second-order valence-corrected chi connectivity index (χ2v) is 7.92. The first-order valence-electron chi connectivity index (χ1n) is 7.03. The van der Waals surface area contributed by atoms with E-state index in [1.807, 2.05) is 0 Å². The Morgan fingerprint density at radius 3 is 2.21 bits per heavy atom. The molecule has 19 heavy (non-hydrogen) atoms. The van der Waals surface area contributed by atoms with Crippen molar-refractivity contribution in [3.05, 3.63) is 72.8 Å². The monoisotopic (exact) mass is 266 g/mol. The van der Waals surface area contributed by atoms with E-state index in [1.165, 1.54) is 17.6 Å². The minimum Gasteiger partial charge on any atom is -0.0952 e. The minimum absolute atomic E-state index is 0.151. The van der Waals surface area contributed by atoms with Crippen molar-refractivity contribution in [3.8, 4) is 0 Å². The van der Waals surface area contributed by atoms with Gasteiger partial charge in [-0.05, 0) is 29.5 Å². The summed E-state index contributed by atoms with van der Waals surface area (Å²) in [5.41, 5.74) is 3.40. The summed E-state index contributed by atoms with van der Waals surface area (Å²) in [5, 5.41) is 1.57. The quantitative estimate of drug-likeness (QED) is 0.698. The van der Waals surface area contributed by atoms with Crippen LogP contribution in [0.4, 0.5) is 0 Å². The van der Waals surface area contributed by atoms with Crippen LogP contribution >= 0.6 is 0 Å². The molecule has 0 saturated carbocycles. The number of benzene rings is 2. The second-order valence-electron chi connectivity index (χ2n) is 5.30. The van der Waals surface area contributed by atoms with Gasteiger partial charge in [-0.2, -0.15) is 0 Å². The fourth-order valence-corrected chi connectivity index (χ4v) is 4.11. The Balaban J connectivity index is 1.81. The molecule has 0 fully saturated rings. The summed E-state index contributed by atoms with van der Waals surface area (Å²) in [4.78, 5) is 0. The van der Waals surface area contributed by atoms with Crippen molar-refractivity contribution in [2.24, 2.45) is 0 Å². The third-order valence-electron chi connectivity index (χ3n) is 3.55. The maximum Gasteiger partial charge on any atom is 0.0575 e. The molecule has 2 aromatic rings. The van der Waals surface area contributed by atoms with Gasteiger partial charge in [-0.15, -0.1) is 0 Å². The Hall–Kier alpha value is -1.60. The molecule has 0 aromatic heterocycles. The summed E-state index contributed by atoms with van der Waals surface area (Å²) in [6.45, 7) is 6.61. The van der Waals surface area contributed by atoms with E-state index in [9.17, 15) is 0 Å². The fourth-order valence-electron chi connectivity index (χ4n) is 2.36. The lowest BCUT2D eigenvalue weighted by atomic mass is 10.0. The lowest BCUT2D eigenvalue weighted by Crippen LogP contribution is -2.17. The highest BCUT2D eigenvalue weighted by Gasteiger charge is 2.06. The molecule has 98 valence electrons. The first kappa shape index (κ1) is 13.8. The smallest absolute Gasteiger partial charge is 0.0575 e. The Bertz CT molecular complexity index is 502. The zero-order chi connectivity index (χ0) is 13.5. The van der Waals surface area contributed by atoms with Crippen molar-refractivity contribution in [1.82, 2.24) is 0 Å². The van der Waals surface area contributed by atoms with Crippen LogP contribution in [0.1, 0.15) is 25.3 Å². The molecule has 1 heteroatoms. The third-order valence-corrected chi connectivity index (χ3v) is 5.60. The van der Waals surface area contributed by atoms with E-state index in [0.717, 1.165) is 12.0 Å². The molecule has 0 amide bonds. The summed E-state index contributed by atoms with van der Waals surface area (Å²) in [6.07, 6.45) is 2.37. The number of rotatable bonds is 6. The van der Waals surface area contributed by atoms with Crippen molar-refractivity contribution in [2.45, 2.75) is 25.3 Å². The maximum atomic E-state index is 4.22. The predicted molar refractivity (Wildman–Crippen MR) is 88.8 cm³/mol. The SMILES string of the molecule is C=C(CC[C@H](C)[SiH2]c1ccccc1)c1ccccc1. The van der Waals surface area contributed by atoms with Gasteiger partial charge in [0, 0.05) is 0 Å². The highest BCUT2D eigenvalue weighted by atomic mass is 28.2. The van der Waals surface area contributed by atoms with Crippen LogP contribution in [-0.2, 0) is 0 Å². The Labute approximate surface area is 119 Å². The van der Waals surface area contributed by atoms with Gasteiger partial charge in [0.25, 0.3) is 0 Å². The standard InChI is InChI=1S/C18H22Si/c1-15(17-9-5-3-6-10-17)13-14-16(2)19-18-11-7-4-8-12-18/h3-12,16H,1,13-14,19H2,2H3/t16-/m0/s1. The van der Waals surface area contributed by atoms with Crippen LogP contribution in [0.2, 0.25) is 5.54 Å². The second kappa shape index (κ2) is 7.10. The number of hydrogen-bond acceptors (Lipinski definition) is 0. The fraction of sp³-hybridized carbons (Fsp3) is 0.222. The van der Waals surface area contributed by atoms with Gasteiger partial charge in [-0.1, -0.05) is 79.4 Å². The molecular formula is C18H22Si. The molecule has 0 unspecified atom stereocenters. The van der Waals surface area contributed by atoms with Gasteiger partial charge >= 0.3 is 0 Å². The highest BCUT2D eigenvalue weighted by molar-refractivity contribution is 6.54. The summed E-state index contributed by atoms with van der Waals surface area (Å²) < 4.78 is 0. The van der Waals surface area contributed by atoms with Gasteiger partial charge in [-0.25, -0.2) is 0 Å². The topological polar surface area (TPSA) is 0 Å². The van der Waals surface area contributed by atoms with E-state index in [2.05, 4.69) is 74.2 Å². The van der Waals surface area contributed by atoms with Crippen LogP contribution in [0.3, 0.4) is 0 Å². The minimum atomic E-state index is -0.151. The molecular weight excluding hydrogens is 244 g/mol. The van der Waals surface area contributed by atoms with E-state index in [0.29, 0.717) is 0 Å². The van der Waals surface area contributed by atoms with Crippen molar-refractivity contribution in [1.29, 1.82) is 0 Å². The summed E-state index contributed by atoms with van der Waals surface area (Å²) in [6, 6.07) is 21.5. The van der Waals surface area contributed by atoms with Gasteiger partial charge in [0.2, 0.25) is 0 Å². The van der Waals surface area contributed by atoms with Crippen molar-refractivity contribution < 1.29 is 0 Å². The Morgan fingerprint density at radius 1 is 1.00 bits per heavy atom. The molecule has 0 radical (unpaired) electrons. The van der Waals surface area contributed by atoms with Crippen LogP contribution in [0.25, 0.3) is 5.57 Å². The van der Waals surface area contributed by atoms with Gasteiger partial charge in [0.1, 0.15) is 0 Å². The van der Waals surface area contributed by atoms with Crippen molar-refractivity contribution in [3.63, 3.8) is 0 Å². The molecule has 0 heterocycles. The van der Waals surface area contributed by atoms with Crippen LogP contribution in [0.15, 0.2) is 67.2 Å².